The van der Waals surface area contributed by atoms with Gasteiger partial charge in [-0.05, 0) is 26.2 Å². The minimum Gasteiger partial charge on any atom is -0.463 e. The second kappa shape index (κ2) is 6.78. The number of primary amides is 1. The van der Waals surface area contributed by atoms with Crippen LogP contribution in [0.4, 0.5) is 0 Å². The zero-order valence-corrected chi connectivity index (χ0v) is 10.3. The molecule has 18 heavy (non-hydrogen) atoms. The van der Waals surface area contributed by atoms with E-state index in [9.17, 15) is 14.4 Å². The lowest BCUT2D eigenvalue weighted by Gasteiger charge is -2.13. The maximum atomic E-state index is 11.5. The fourth-order valence-electron chi connectivity index (χ4n) is 1.37. The van der Waals surface area contributed by atoms with Crippen LogP contribution in [0.15, 0.2) is 12.2 Å². The molecular formula is C12H18N2O4. The van der Waals surface area contributed by atoms with E-state index in [1.807, 2.05) is 0 Å². The zero-order chi connectivity index (χ0) is 13.5. The smallest absolute Gasteiger partial charge is 0.330 e. The van der Waals surface area contributed by atoms with Gasteiger partial charge in [-0.3, -0.25) is 9.59 Å². The average molecular weight is 254 g/mol. The van der Waals surface area contributed by atoms with Gasteiger partial charge >= 0.3 is 5.97 Å². The van der Waals surface area contributed by atoms with Crippen LogP contribution in [0.25, 0.3) is 0 Å². The Kier molecular flexibility index (Phi) is 5.35. The van der Waals surface area contributed by atoms with Gasteiger partial charge in [-0.2, -0.15) is 0 Å². The summed E-state index contributed by atoms with van der Waals surface area (Å²) >= 11 is 0. The summed E-state index contributed by atoms with van der Waals surface area (Å²) in [5, 5.41) is 2.57. The minimum atomic E-state index is -0.774. The maximum Gasteiger partial charge on any atom is 0.330 e. The first-order valence-corrected chi connectivity index (χ1v) is 5.97. The van der Waals surface area contributed by atoms with Crippen molar-refractivity contribution >= 4 is 17.8 Å². The third kappa shape index (κ3) is 4.99. The molecular weight excluding hydrogens is 236 g/mol. The van der Waals surface area contributed by atoms with Gasteiger partial charge in [0.15, 0.2) is 0 Å². The Morgan fingerprint density at radius 2 is 2.11 bits per heavy atom. The van der Waals surface area contributed by atoms with Crippen LogP contribution in [-0.4, -0.2) is 30.4 Å². The van der Waals surface area contributed by atoms with Crippen LogP contribution in [-0.2, 0) is 19.1 Å². The molecule has 1 rings (SSSR count). The van der Waals surface area contributed by atoms with Crippen LogP contribution in [0.1, 0.15) is 26.2 Å². The van der Waals surface area contributed by atoms with Gasteiger partial charge in [0.2, 0.25) is 11.8 Å². The summed E-state index contributed by atoms with van der Waals surface area (Å²) in [6.45, 7) is 1.99. The topological polar surface area (TPSA) is 98.5 Å². The molecule has 3 N–H and O–H groups in total. The first kappa shape index (κ1) is 14.2. The molecule has 6 heteroatoms. The van der Waals surface area contributed by atoms with Crippen LogP contribution in [0, 0.1) is 5.92 Å². The standard InChI is InChI=1S/C12H18N2O4/c1-2-18-10(15)5-3-4-9(11(13)16)14-12(17)8-6-7-8/h3,5,8-9H,2,4,6-7H2,1H3,(H2,13,16)(H,14,17)/b5-3+/t9-/m1/s1. The quantitative estimate of drug-likeness (QED) is 0.488. The summed E-state index contributed by atoms with van der Waals surface area (Å²) in [7, 11) is 0. The maximum absolute atomic E-state index is 11.5. The molecule has 1 aliphatic rings. The van der Waals surface area contributed by atoms with E-state index in [0.717, 1.165) is 12.8 Å². The molecule has 0 heterocycles. The van der Waals surface area contributed by atoms with Gasteiger partial charge in [0.05, 0.1) is 6.61 Å². The number of nitrogens with one attached hydrogen (secondary N) is 1. The summed E-state index contributed by atoms with van der Waals surface area (Å²) in [4.78, 5) is 33.6. The Bertz CT molecular complexity index is 361. The van der Waals surface area contributed by atoms with E-state index >= 15 is 0 Å². The van der Waals surface area contributed by atoms with Crippen LogP contribution in [0.3, 0.4) is 0 Å². The van der Waals surface area contributed by atoms with Crippen LogP contribution in [0.2, 0.25) is 0 Å². The third-order valence-corrected chi connectivity index (χ3v) is 2.52. The number of carbonyl (C=O) groups is 3. The van der Waals surface area contributed by atoms with Gasteiger partial charge in [-0.15, -0.1) is 0 Å². The van der Waals surface area contributed by atoms with E-state index in [2.05, 4.69) is 10.1 Å². The van der Waals surface area contributed by atoms with E-state index in [1.54, 1.807) is 6.92 Å². The fraction of sp³-hybridized carbons (Fsp3) is 0.583. The molecule has 0 bridgehead atoms. The molecule has 0 aromatic carbocycles. The highest BCUT2D eigenvalue weighted by Gasteiger charge is 2.31. The number of rotatable bonds is 7. The van der Waals surface area contributed by atoms with Crippen molar-refractivity contribution in [1.29, 1.82) is 0 Å². The van der Waals surface area contributed by atoms with Crippen molar-refractivity contribution in [2.45, 2.75) is 32.2 Å². The molecule has 100 valence electrons. The molecule has 6 nitrogen and oxygen atoms in total. The number of hydrogen-bond acceptors (Lipinski definition) is 4. The Morgan fingerprint density at radius 3 is 2.61 bits per heavy atom. The molecule has 1 atom stereocenters. The normalized spacial score (nSPS) is 16.3. The van der Waals surface area contributed by atoms with Crippen LogP contribution >= 0.6 is 0 Å². The molecule has 1 saturated carbocycles. The van der Waals surface area contributed by atoms with Gasteiger partial charge < -0.3 is 15.8 Å². The molecule has 1 aliphatic carbocycles. The molecule has 0 unspecified atom stereocenters. The Labute approximate surface area is 106 Å². The van der Waals surface area contributed by atoms with E-state index in [-0.39, 0.29) is 18.2 Å². The number of esters is 1. The third-order valence-electron chi connectivity index (χ3n) is 2.52. The molecule has 1 fully saturated rings. The van der Waals surface area contributed by atoms with Gasteiger partial charge in [-0.25, -0.2) is 4.79 Å². The molecule has 2 amide bonds. The largest absolute Gasteiger partial charge is 0.463 e. The van der Waals surface area contributed by atoms with Gasteiger partial charge in [0, 0.05) is 12.0 Å². The molecule has 0 saturated heterocycles. The lowest BCUT2D eigenvalue weighted by molar-refractivity contribution is -0.137. The van der Waals surface area contributed by atoms with Crippen molar-refractivity contribution in [3.8, 4) is 0 Å². The molecule has 0 aliphatic heterocycles. The zero-order valence-electron chi connectivity index (χ0n) is 10.3. The number of carbonyl (C=O) groups excluding carboxylic acids is 3. The number of hydrogen-bond donors (Lipinski definition) is 2. The van der Waals surface area contributed by atoms with Crippen LogP contribution < -0.4 is 11.1 Å². The highest BCUT2D eigenvalue weighted by molar-refractivity contribution is 5.88. The molecule has 0 aromatic rings. The number of nitrogens with two attached hydrogens (primary N) is 1. The predicted octanol–water partition coefficient (Wildman–Crippen LogP) is -0.124. The molecule has 0 aromatic heterocycles. The van der Waals surface area contributed by atoms with Crippen LogP contribution in [0.5, 0.6) is 0 Å². The van der Waals surface area contributed by atoms with Gasteiger partial charge in [0.1, 0.15) is 6.04 Å². The van der Waals surface area contributed by atoms with Crippen molar-refractivity contribution in [2.75, 3.05) is 6.61 Å². The van der Waals surface area contributed by atoms with Gasteiger partial charge in [0.25, 0.3) is 0 Å². The van der Waals surface area contributed by atoms with E-state index in [4.69, 9.17) is 5.73 Å². The summed E-state index contributed by atoms with van der Waals surface area (Å²) in [6.07, 6.45) is 4.60. The Hall–Kier alpha value is -1.85. The Balaban J connectivity index is 2.39. The van der Waals surface area contributed by atoms with Crippen molar-refractivity contribution < 1.29 is 19.1 Å². The highest BCUT2D eigenvalue weighted by atomic mass is 16.5. The van der Waals surface area contributed by atoms with Crippen molar-refractivity contribution in [3.05, 3.63) is 12.2 Å². The summed E-state index contributed by atoms with van der Waals surface area (Å²) in [5.41, 5.74) is 5.18. The highest BCUT2D eigenvalue weighted by Crippen LogP contribution is 2.28. The molecule has 0 spiro atoms. The fourth-order valence-corrected chi connectivity index (χ4v) is 1.37. The second-order valence-corrected chi connectivity index (χ2v) is 4.13. The first-order chi connectivity index (χ1) is 8.54. The summed E-state index contributed by atoms with van der Waals surface area (Å²) < 4.78 is 4.68. The first-order valence-electron chi connectivity index (χ1n) is 5.97. The average Bonchev–Trinajstić information content (AvgIpc) is 3.11. The van der Waals surface area contributed by atoms with Crippen molar-refractivity contribution in [2.24, 2.45) is 11.7 Å². The Morgan fingerprint density at radius 1 is 1.44 bits per heavy atom. The monoisotopic (exact) mass is 254 g/mol. The SMILES string of the molecule is CCOC(=O)/C=C/C[C@@H](NC(=O)C1CC1)C(N)=O. The van der Waals surface area contributed by atoms with E-state index < -0.39 is 17.9 Å². The minimum absolute atomic E-state index is 0.0147. The second-order valence-electron chi connectivity index (χ2n) is 4.13. The van der Waals surface area contributed by atoms with Crippen molar-refractivity contribution in [1.82, 2.24) is 5.32 Å². The number of ether oxygens (including phenoxy) is 1. The lowest BCUT2D eigenvalue weighted by Crippen LogP contribution is -2.44. The number of amides is 2. The van der Waals surface area contributed by atoms with Gasteiger partial charge in [-0.1, -0.05) is 6.08 Å². The molecule has 0 radical (unpaired) electrons. The van der Waals surface area contributed by atoms with E-state index in [1.165, 1.54) is 12.2 Å². The summed E-state index contributed by atoms with van der Waals surface area (Å²) in [5.74, 6) is -1.23. The predicted molar refractivity (Wildman–Crippen MR) is 64.2 cm³/mol. The van der Waals surface area contributed by atoms with Crippen molar-refractivity contribution in [3.63, 3.8) is 0 Å². The summed E-state index contributed by atoms with van der Waals surface area (Å²) in [6, 6.07) is -0.774. The van der Waals surface area contributed by atoms with E-state index in [0.29, 0.717) is 6.61 Å². The lowest BCUT2D eigenvalue weighted by atomic mass is 10.1.